The molecule has 0 aliphatic rings. The SMILES string of the molecule is CC(C#Cc1ccccc1)(CCCCC#N)C(=O)Nc1ccccn1. The van der Waals surface area contributed by atoms with Crippen LogP contribution in [0.1, 0.15) is 38.2 Å². The topological polar surface area (TPSA) is 65.8 Å². The number of hydrogen-bond donors (Lipinski definition) is 1. The molecule has 126 valence electrons. The number of nitrogens with one attached hydrogen (secondary N) is 1. The van der Waals surface area contributed by atoms with Gasteiger partial charge in [0.15, 0.2) is 0 Å². The van der Waals surface area contributed by atoms with Crippen molar-refractivity contribution in [1.82, 2.24) is 4.98 Å². The van der Waals surface area contributed by atoms with Gasteiger partial charge in [-0.3, -0.25) is 4.79 Å². The number of carbonyl (C=O) groups excluding carboxylic acids is 1. The molecule has 1 atom stereocenters. The average Bonchev–Trinajstić information content (AvgIpc) is 2.65. The van der Waals surface area contributed by atoms with E-state index in [1.165, 1.54) is 0 Å². The van der Waals surface area contributed by atoms with E-state index in [4.69, 9.17) is 5.26 Å². The van der Waals surface area contributed by atoms with Crippen LogP contribution in [-0.2, 0) is 4.79 Å². The number of benzene rings is 1. The Bertz CT molecular complexity index is 785. The van der Waals surface area contributed by atoms with Crippen LogP contribution in [0.5, 0.6) is 0 Å². The molecule has 1 aromatic carbocycles. The predicted molar refractivity (Wildman–Crippen MR) is 98.4 cm³/mol. The number of amides is 1. The van der Waals surface area contributed by atoms with Gasteiger partial charge in [-0.2, -0.15) is 5.26 Å². The highest BCUT2D eigenvalue weighted by molar-refractivity contribution is 5.96. The fraction of sp³-hybridized carbons (Fsp3) is 0.286. The molecule has 0 bridgehead atoms. The molecule has 1 N–H and O–H groups in total. The van der Waals surface area contributed by atoms with Crippen molar-refractivity contribution in [2.45, 2.75) is 32.6 Å². The molecule has 0 saturated heterocycles. The summed E-state index contributed by atoms with van der Waals surface area (Å²) in [4.78, 5) is 16.9. The van der Waals surface area contributed by atoms with Crippen molar-refractivity contribution in [3.05, 3.63) is 60.3 Å². The van der Waals surface area contributed by atoms with Gasteiger partial charge < -0.3 is 5.32 Å². The standard InChI is InChI=1S/C21H21N3O/c1-21(14-7-3-8-16-22,15-13-18-10-4-2-5-11-18)20(25)24-19-12-6-9-17-23-19/h2,4-6,9-12,17H,3,7-8,14H2,1H3,(H,23,24,25). The number of aromatic nitrogens is 1. The molecule has 4 heteroatoms. The number of carbonyl (C=O) groups is 1. The third-order valence-electron chi connectivity index (χ3n) is 3.88. The zero-order valence-electron chi connectivity index (χ0n) is 14.3. The smallest absolute Gasteiger partial charge is 0.243 e. The minimum atomic E-state index is -0.844. The Balaban J connectivity index is 2.17. The van der Waals surface area contributed by atoms with E-state index in [1.54, 1.807) is 18.3 Å². The summed E-state index contributed by atoms with van der Waals surface area (Å²) in [6.45, 7) is 1.84. The first-order valence-corrected chi connectivity index (χ1v) is 8.32. The van der Waals surface area contributed by atoms with Crippen LogP contribution in [0.2, 0.25) is 0 Å². The fourth-order valence-electron chi connectivity index (χ4n) is 2.34. The maximum absolute atomic E-state index is 12.8. The molecule has 1 unspecified atom stereocenters. The van der Waals surface area contributed by atoms with E-state index in [0.29, 0.717) is 18.7 Å². The zero-order valence-corrected chi connectivity index (χ0v) is 14.3. The highest BCUT2D eigenvalue weighted by atomic mass is 16.2. The summed E-state index contributed by atoms with van der Waals surface area (Å²) in [6, 6.07) is 17.1. The number of unbranched alkanes of at least 4 members (excludes halogenated alkanes) is 2. The van der Waals surface area contributed by atoms with E-state index in [0.717, 1.165) is 18.4 Å². The fourth-order valence-corrected chi connectivity index (χ4v) is 2.34. The maximum Gasteiger partial charge on any atom is 0.243 e. The molecule has 0 aliphatic carbocycles. The summed E-state index contributed by atoms with van der Waals surface area (Å²) in [7, 11) is 0. The van der Waals surface area contributed by atoms with Crippen molar-refractivity contribution in [2.24, 2.45) is 5.41 Å². The second-order valence-electron chi connectivity index (χ2n) is 5.98. The van der Waals surface area contributed by atoms with E-state index in [-0.39, 0.29) is 5.91 Å². The number of pyridine rings is 1. The van der Waals surface area contributed by atoms with E-state index < -0.39 is 5.41 Å². The van der Waals surface area contributed by atoms with Gasteiger partial charge in [-0.05, 0) is 44.0 Å². The second-order valence-corrected chi connectivity index (χ2v) is 5.98. The predicted octanol–water partition coefficient (Wildman–Crippen LogP) is 4.16. The van der Waals surface area contributed by atoms with Crippen LogP contribution in [0.25, 0.3) is 0 Å². The Labute approximate surface area is 148 Å². The lowest BCUT2D eigenvalue weighted by Gasteiger charge is -2.22. The highest BCUT2D eigenvalue weighted by Crippen LogP contribution is 2.26. The normalized spacial score (nSPS) is 12.2. The van der Waals surface area contributed by atoms with E-state index in [2.05, 4.69) is 28.2 Å². The van der Waals surface area contributed by atoms with Crippen LogP contribution >= 0.6 is 0 Å². The molecule has 2 aromatic rings. The first-order chi connectivity index (χ1) is 12.1. The molecule has 4 nitrogen and oxygen atoms in total. The summed E-state index contributed by atoms with van der Waals surface area (Å²) < 4.78 is 0. The molecule has 1 amide bonds. The quantitative estimate of drug-likeness (QED) is 0.638. The van der Waals surface area contributed by atoms with E-state index >= 15 is 0 Å². The number of hydrogen-bond acceptors (Lipinski definition) is 3. The van der Waals surface area contributed by atoms with Crippen molar-refractivity contribution in [3.8, 4) is 17.9 Å². The maximum atomic E-state index is 12.8. The summed E-state index contributed by atoms with van der Waals surface area (Å²) in [5.74, 6) is 6.57. The number of nitriles is 1. The van der Waals surface area contributed by atoms with Gasteiger partial charge in [0.2, 0.25) is 5.91 Å². The molecule has 0 radical (unpaired) electrons. The second kappa shape index (κ2) is 9.25. The molecule has 2 rings (SSSR count). The van der Waals surface area contributed by atoms with Crippen LogP contribution in [0.3, 0.4) is 0 Å². The van der Waals surface area contributed by atoms with E-state index in [1.807, 2.05) is 43.3 Å². The lowest BCUT2D eigenvalue weighted by atomic mass is 9.84. The largest absolute Gasteiger partial charge is 0.309 e. The van der Waals surface area contributed by atoms with Crippen LogP contribution in [-0.4, -0.2) is 10.9 Å². The molecule has 0 saturated carbocycles. The average molecular weight is 331 g/mol. The van der Waals surface area contributed by atoms with Gasteiger partial charge >= 0.3 is 0 Å². The van der Waals surface area contributed by atoms with Crippen LogP contribution in [0.4, 0.5) is 5.82 Å². The minimum Gasteiger partial charge on any atom is -0.309 e. The summed E-state index contributed by atoms with van der Waals surface area (Å²) in [5, 5.41) is 11.5. The Morgan fingerprint density at radius 2 is 1.92 bits per heavy atom. The third-order valence-corrected chi connectivity index (χ3v) is 3.88. The Morgan fingerprint density at radius 1 is 1.16 bits per heavy atom. The zero-order chi connectivity index (χ0) is 18.0. The van der Waals surface area contributed by atoms with Gasteiger partial charge in [-0.1, -0.05) is 42.5 Å². The molecule has 1 aromatic heterocycles. The first kappa shape index (κ1) is 18.2. The van der Waals surface area contributed by atoms with Gasteiger partial charge in [0.05, 0.1) is 6.07 Å². The Morgan fingerprint density at radius 3 is 2.60 bits per heavy atom. The van der Waals surface area contributed by atoms with Crippen LogP contribution in [0.15, 0.2) is 54.7 Å². The monoisotopic (exact) mass is 331 g/mol. The molecule has 25 heavy (non-hydrogen) atoms. The van der Waals surface area contributed by atoms with Gasteiger partial charge in [-0.15, -0.1) is 0 Å². The number of rotatable bonds is 6. The Kier molecular flexibility index (Phi) is 6.75. The van der Waals surface area contributed by atoms with Gasteiger partial charge in [0, 0.05) is 18.2 Å². The van der Waals surface area contributed by atoms with Gasteiger partial charge in [0.1, 0.15) is 11.2 Å². The lowest BCUT2D eigenvalue weighted by molar-refractivity contribution is -0.122. The molecule has 1 heterocycles. The molecular weight excluding hydrogens is 310 g/mol. The van der Waals surface area contributed by atoms with Crippen LogP contribution in [0, 0.1) is 28.6 Å². The van der Waals surface area contributed by atoms with Crippen molar-refractivity contribution in [2.75, 3.05) is 5.32 Å². The molecule has 0 spiro atoms. The molecule has 0 aliphatic heterocycles. The first-order valence-electron chi connectivity index (χ1n) is 8.32. The van der Waals surface area contributed by atoms with Crippen molar-refractivity contribution in [3.63, 3.8) is 0 Å². The Hall–Kier alpha value is -3.11. The van der Waals surface area contributed by atoms with Gasteiger partial charge in [0.25, 0.3) is 0 Å². The van der Waals surface area contributed by atoms with Gasteiger partial charge in [-0.25, -0.2) is 4.98 Å². The number of nitrogens with zero attached hydrogens (tertiary/aromatic N) is 2. The number of anilines is 1. The summed E-state index contributed by atoms with van der Waals surface area (Å²) >= 11 is 0. The van der Waals surface area contributed by atoms with E-state index in [9.17, 15) is 4.79 Å². The minimum absolute atomic E-state index is 0.174. The molecular formula is C21H21N3O. The summed E-state index contributed by atoms with van der Waals surface area (Å²) in [5.41, 5.74) is 0.0272. The highest BCUT2D eigenvalue weighted by Gasteiger charge is 2.31. The lowest BCUT2D eigenvalue weighted by Crippen LogP contribution is -2.32. The third kappa shape index (κ3) is 5.79. The molecule has 0 fully saturated rings. The summed E-state index contributed by atoms with van der Waals surface area (Å²) in [6.07, 6.45) is 4.24. The van der Waals surface area contributed by atoms with Crippen molar-refractivity contribution in [1.29, 1.82) is 5.26 Å². The van der Waals surface area contributed by atoms with Crippen molar-refractivity contribution < 1.29 is 4.79 Å². The van der Waals surface area contributed by atoms with Crippen molar-refractivity contribution >= 4 is 11.7 Å². The van der Waals surface area contributed by atoms with Crippen LogP contribution < -0.4 is 5.32 Å².